The summed E-state index contributed by atoms with van der Waals surface area (Å²) in [7, 11) is 1.54. The number of amides is 1. The second-order valence-electron chi connectivity index (χ2n) is 5.69. The number of hydrazone groups is 1. The van der Waals surface area contributed by atoms with Crippen molar-refractivity contribution in [2.24, 2.45) is 5.10 Å². The van der Waals surface area contributed by atoms with Gasteiger partial charge in [0, 0.05) is 19.2 Å². The van der Waals surface area contributed by atoms with Gasteiger partial charge in [-0.25, -0.2) is 9.78 Å². The number of anilines is 1. The number of nitrogens with zero attached hydrogens (tertiary/aromatic N) is 3. The Morgan fingerprint density at radius 2 is 1.96 bits per heavy atom. The first kappa shape index (κ1) is 17.2. The molecule has 0 unspecified atom stereocenters. The summed E-state index contributed by atoms with van der Waals surface area (Å²) in [6, 6.07) is 15.2. The maximum Gasteiger partial charge on any atom is 0.407 e. The molecular formula is C19H18N4O3. The summed E-state index contributed by atoms with van der Waals surface area (Å²) in [4.78, 5) is 15.9. The molecule has 0 radical (unpaired) electrons. The molecule has 3 rings (SSSR count). The lowest BCUT2D eigenvalue weighted by Gasteiger charge is -2.12. The smallest absolute Gasteiger partial charge is 0.407 e. The first-order valence-electron chi connectivity index (χ1n) is 7.93. The summed E-state index contributed by atoms with van der Waals surface area (Å²) in [6.07, 6.45) is 3.82. The average Bonchev–Trinajstić information content (AvgIpc) is 3.18. The summed E-state index contributed by atoms with van der Waals surface area (Å²) < 4.78 is 5.25. The van der Waals surface area contributed by atoms with Crippen molar-refractivity contribution in [3.05, 3.63) is 72.2 Å². The summed E-state index contributed by atoms with van der Waals surface area (Å²) in [5.41, 5.74) is 6.59. The molecule has 0 bridgehead atoms. The third-order valence-corrected chi connectivity index (χ3v) is 3.74. The summed E-state index contributed by atoms with van der Waals surface area (Å²) in [6.45, 7) is 0.350. The van der Waals surface area contributed by atoms with Crippen LogP contribution < -0.4 is 5.43 Å². The molecule has 1 heterocycles. The van der Waals surface area contributed by atoms with E-state index in [0.29, 0.717) is 12.3 Å². The fourth-order valence-electron chi connectivity index (χ4n) is 2.30. The maximum absolute atomic E-state index is 10.8. The fourth-order valence-corrected chi connectivity index (χ4v) is 2.30. The van der Waals surface area contributed by atoms with Gasteiger partial charge in [-0.1, -0.05) is 24.3 Å². The molecule has 26 heavy (non-hydrogen) atoms. The average molecular weight is 350 g/mol. The zero-order chi connectivity index (χ0) is 18.4. The van der Waals surface area contributed by atoms with E-state index in [1.54, 1.807) is 12.4 Å². The van der Waals surface area contributed by atoms with E-state index in [1.165, 1.54) is 18.3 Å². The number of rotatable bonds is 6. The maximum atomic E-state index is 10.8. The predicted molar refractivity (Wildman–Crippen MR) is 99.1 cm³/mol. The van der Waals surface area contributed by atoms with Crippen molar-refractivity contribution in [2.75, 3.05) is 12.5 Å². The molecule has 7 heteroatoms. The predicted octanol–water partition coefficient (Wildman–Crippen LogP) is 3.90. The lowest BCUT2D eigenvalue weighted by Crippen LogP contribution is -2.23. The van der Waals surface area contributed by atoms with Gasteiger partial charge in [-0.2, -0.15) is 5.10 Å². The molecule has 2 N–H and O–H groups in total. The molecule has 132 valence electrons. The highest BCUT2D eigenvalue weighted by molar-refractivity contribution is 5.80. The summed E-state index contributed by atoms with van der Waals surface area (Å²) in [5.74, 6) is 0.716. The molecule has 0 atom stereocenters. The lowest BCUT2D eigenvalue weighted by atomic mass is 10.1. The van der Waals surface area contributed by atoms with Crippen LogP contribution >= 0.6 is 0 Å². The Bertz CT molecular complexity index is 872. The molecule has 0 spiro atoms. The number of hydrogen-bond acceptors (Lipinski definition) is 5. The minimum absolute atomic E-state index is 0.350. The van der Waals surface area contributed by atoms with Gasteiger partial charge >= 0.3 is 6.09 Å². The first-order chi connectivity index (χ1) is 12.6. The number of carboxylic acid groups (broad SMARTS) is 1. The van der Waals surface area contributed by atoms with Crippen LogP contribution in [0.25, 0.3) is 11.3 Å². The monoisotopic (exact) mass is 350 g/mol. The van der Waals surface area contributed by atoms with Gasteiger partial charge in [-0.3, -0.25) is 5.43 Å². The molecule has 2 aromatic carbocycles. The van der Waals surface area contributed by atoms with Crippen molar-refractivity contribution in [3.8, 4) is 11.3 Å². The topological polar surface area (TPSA) is 91.0 Å². The highest BCUT2D eigenvalue weighted by Crippen LogP contribution is 2.20. The summed E-state index contributed by atoms with van der Waals surface area (Å²) >= 11 is 0. The number of aromatic nitrogens is 1. The third kappa shape index (κ3) is 4.47. The Kier molecular flexibility index (Phi) is 5.28. The van der Waals surface area contributed by atoms with Crippen LogP contribution in [0.1, 0.15) is 11.1 Å². The second kappa shape index (κ2) is 7.98. The van der Waals surface area contributed by atoms with Gasteiger partial charge < -0.3 is 14.4 Å². The second-order valence-corrected chi connectivity index (χ2v) is 5.69. The number of oxazole rings is 1. The van der Waals surface area contributed by atoms with E-state index < -0.39 is 6.09 Å². The molecule has 0 saturated heterocycles. The van der Waals surface area contributed by atoms with Crippen molar-refractivity contribution >= 4 is 18.0 Å². The van der Waals surface area contributed by atoms with Crippen LogP contribution in [0.4, 0.5) is 10.5 Å². The molecular weight excluding hydrogens is 332 g/mol. The van der Waals surface area contributed by atoms with Crippen LogP contribution in [0.15, 0.2) is 70.6 Å². The van der Waals surface area contributed by atoms with Gasteiger partial charge in [0.15, 0.2) is 12.2 Å². The largest absolute Gasteiger partial charge is 0.465 e. The fraction of sp³-hybridized carbons (Fsp3) is 0.105. The zero-order valence-corrected chi connectivity index (χ0v) is 14.2. The van der Waals surface area contributed by atoms with Gasteiger partial charge in [0.2, 0.25) is 0 Å². The van der Waals surface area contributed by atoms with E-state index in [4.69, 9.17) is 9.52 Å². The molecule has 0 saturated carbocycles. The van der Waals surface area contributed by atoms with Crippen LogP contribution in [0.2, 0.25) is 0 Å². The number of hydrogen-bond donors (Lipinski definition) is 2. The van der Waals surface area contributed by atoms with E-state index in [-0.39, 0.29) is 0 Å². The Hall–Kier alpha value is -3.61. The third-order valence-electron chi connectivity index (χ3n) is 3.74. The van der Waals surface area contributed by atoms with Crippen molar-refractivity contribution in [1.82, 2.24) is 9.88 Å². The van der Waals surface area contributed by atoms with E-state index in [2.05, 4.69) is 15.5 Å². The normalized spacial score (nSPS) is 10.8. The minimum Gasteiger partial charge on any atom is -0.465 e. The van der Waals surface area contributed by atoms with Crippen LogP contribution in [0.3, 0.4) is 0 Å². The number of carbonyl (C=O) groups is 1. The number of benzene rings is 2. The van der Waals surface area contributed by atoms with E-state index in [1.807, 2.05) is 48.5 Å². The minimum atomic E-state index is -0.950. The molecule has 0 fully saturated rings. The highest BCUT2D eigenvalue weighted by Gasteiger charge is 2.05. The van der Waals surface area contributed by atoms with Crippen LogP contribution in [-0.2, 0) is 6.54 Å². The first-order valence-corrected chi connectivity index (χ1v) is 7.93. The molecule has 0 aliphatic carbocycles. The Labute approximate surface area is 150 Å². The zero-order valence-electron chi connectivity index (χ0n) is 14.2. The van der Waals surface area contributed by atoms with Crippen molar-refractivity contribution in [3.63, 3.8) is 0 Å². The molecule has 1 aromatic heterocycles. The van der Waals surface area contributed by atoms with Gasteiger partial charge in [0.1, 0.15) is 0 Å². The van der Waals surface area contributed by atoms with Crippen LogP contribution in [0.5, 0.6) is 0 Å². The standard InChI is InChI=1S/C19H18N4O3/c1-23(19(24)25)12-15-4-2-14(3-5-15)10-21-22-17-8-6-16(7-9-17)18-11-20-13-26-18/h2-11,13,22H,12H2,1H3,(H,24,25)/b21-10+. The Balaban J connectivity index is 1.56. The molecule has 3 aromatic rings. The molecule has 0 aliphatic heterocycles. The van der Waals surface area contributed by atoms with Crippen molar-refractivity contribution < 1.29 is 14.3 Å². The van der Waals surface area contributed by atoms with Gasteiger partial charge in [0.05, 0.1) is 18.1 Å². The quantitative estimate of drug-likeness (QED) is 0.520. The van der Waals surface area contributed by atoms with Crippen LogP contribution in [0, 0.1) is 0 Å². The molecule has 0 aliphatic rings. The van der Waals surface area contributed by atoms with E-state index >= 15 is 0 Å². The lowest BCUT2D eigenvalue weighted by molar-refractivity contribution is 0.154. The van der Waals surface area contributed by atoms with Crippen molar-refractivity contribution in [2.45, 2.75) is 6.54 Å². The van der Waals surface area contributed by atoms with Gasteiger partial charge in [0.25, 0.3) is 0 Å². The van der Waals surface area contributed by atoms with E-state index in [0.717, 1.165) is 22.4 Å². The van der Waals surface area contributed by atoms with Gasteiger partial charge in [-0.15, -0.1) is 0 Å². The SMILES string of the molecule is CN(Cc1ccc(/C=N/Nc2ccc(-c3cnco3)cc2)cc1)C(=O)O. The highest BCUT2D eigenvalue weighted by atomic mass is 16.4. The molecule has 7 nitrogen and oxygen atoms in total. The Morgan fingerprint density at radius 3 is 2.58 bits per heavy atom. The van der Waals surface area contributed by atoms with Gasteiger partial charge in [-0.05, 0) is 35.4 Å². The van der Waals surface area contributed by atoms with E-state index in [9.17, 15) is 4.79 Å². The van der Waals surface area contributed by atoms with Crippen molar-refractivity contribution in [1.29, 1.82) is 0 Å². The van der Waals surface area contributed by atoms with Crippen LogP contribution in [-0.4, -0.2) is 34.3 Å². The number of nitrogens with one attached hydrogen (secondary N) is 1. The Morgan fingerprint density at radius 1 is 1.23 bits per heavy atom. The summed E-state index contributed by atoms with van der Waals surface area (Å²) in [5, 5.41) is 13.1. The molecule has 1 amide bonds.